The molecule has 0 aliphatic rings. The third kappa shape index (κ3) is 4.68. The number of carbonyl (C=O) groups excluding carboxylic acids is 1. The maximum atomic E-state index is 11.9. The molecule has 0 unspecified atom stereocenters. The summed E-state index contributed by atoms with van der Waals surface area (Å²) in [5.74, 6) is -0.199. The van der Waals surface area contributed by atoms with Crippen molar-refractivity contribution in [3.63, 3.8) is 0 Å². The zero-order valence-electron chi connectivity index (χ0n) is 11.4. The van der Waals surface area contributed by atoms with Crippen LogP contribution >= 0.6 is 11.3 Å². The summed E-state index contributed by atoms with van der Waals surface area (Å²) >= 11 is 1.58. The smallest absolute Gasteiger partial charge is 0.423 e. The lowest BCUT2D eigenvalue weighted by atomic mass is 9.80. The number of amides is 1. The number of hydrogen-bond acceptors (Lipinski definition) is 5. The fourth-order valence-electron chi connectivity index (χ4n) is 1.89. The number of nitrogens with one attached hydrogen (secondary N) is 1. The second-order valence-corrected chi connectivity index (χ2v) is 5.76. The van der Waals surface area contributed by atoms with Gasteiger partial charge in [0, 0.05) is 4.88 Å². The lowest BCUT2D eigenvalue weighted by Gasteiger charge is -2.12. The van der Waals surface area contributed by atoms with E-state index in [2.05, 4.69) is 5.32 Å². The van der Waals surface area contributed by atoms with Gasteiger partial charge >= 0.3 is 7.12 Å². The first-order chi connectivity index (χ1) is 10.1. The van der Waals surface area contributed by atoms with Gasteiger partial charge in [0.2, 0.25) is 5.91 Å². The minimum atomic E-state index is -1.48. The Hall–Kier alpha value is -1.67. The molecule has 1 heterocycles. The van der Waals surface area contributed by atoms with Crippen LogP contribution in [0.4, 0.5) is 0 Å². The summed E-state index contributed by atoms with van der Waals surface area (Å²) in [6, 6.07) is 9.95. The largest absolute Gasteiger partial charge is 0.488 e. The van der Waals surface area contributed by atoms with E-state index in [4.69, 9.17) is 15.8 Å². The Morgan fingerprint density at radius 3 is 2.57 bits per heavy atom. The van der Waals surface area contributed by atoms with E-state index in [-0.39, 0.29) is 5.91 Å². The second kappa shape index (κ2) is 7.37. The van der Waals surface area contributed by atoms with Gasteiger partial charge in [0.15, 0.2) is 0 Å². The van der Waals surface area contributed by atoms with E-state index >= 15 is 0 Å². The number of rotatable bonds is 6. The molecule has 110 valence electrons. The highest BCUT2D eigenvalue weighted by Crippen LogP contribution is 2.08. The predicted molar refractivity (Wildman–Crippen MR) is 84.1 cm³/mol. The molecule has 1 aromatic carbocycles. The number of carbonyl (C=O) groups is 1. The van der Waals surface area contributed by atoms with E-state index in [9.17, 15) is 4.79 Å². The monoisotopic (exact) mass is 304 g/mol. The summed E-state index contributed by atoms with van der Waals surface area (Å²) in [5.41, 5.74) is 7.16. The number of benzene rings is 1. The Balaban J connectivity index is 1.85. The van der Waals surface area contributed by atoms with Crippen molar-refractivity contribution < 1.29 is 14.8 Å². The first-order valence-electron chi connectivity index (χ1n) is 6.57. The SMILES string of the molecule is N[C@@H](Cc1ccc(B(O)O)cc1)C(=O)NCc1cccs1. The van der Waals surface area contributed by atoms with Gasteiger partial charge in [-0.1, -0.05) is 30.3 Å². The highest BCUT2D eigenvalue weighted by Gasteiger charge is 2.15. The van der Waals surface area contributed by atoms with Gasteiger partial charge in [-0.3, -0.25) is 4.79 Å². The summed E-state index contributed by atoms with van der Waals surface area (Å²) in [6.07, 6.45) is 0.401. The minimum Gasteiger partial charge on any atom is -0.423 e. The minimum absolute atomic E-state index is 0.199. The molecule has 0 aliphatic heterocycles. The molecular formula is C14H17BN2O3S. The predicted octanol–water partition coefficient (Wildman–Crippen LogP) is -0.386. The van der Waals surface area contributed by atoms with Crippen molar-refractivity contribution in [2.45, 2.75) is 19.0 Å². The Bertz CT molecular complexity index is 572. The van der Waals surface area contributed by atoms with Crippen LogP contribution in [0.3, 0.4) is 0 Å². The van der Waals surface area contributed by atoms with Crippen LogP contribution in [-0.4, -0.2) is 29.1 Å². The van der Waals surface area contributed by atoms with Crippen molar-refractivity contribution in [2.24, 2.45) is 5.73 Å². The quantitative estimate of drug-likeness (QED) is 0.547. The molecule has 0 aliphatic carbocycles. The molecule has 7 heteroatoms. The third-order valence-corrected chi connectivity index (χ3v) is 3.96. The van der Waals surface area contributed by atoms with Gasteiger partial charge in [-0.15, -0.1) is 11.3 Å². The Labute approximate surface area is 127 Å². The molecule has 0 saturated carbocycles. The molecular weight excluding hydrogens is 287 g/mol. The van der Waals surface area contributed by atoms with E-state index in [0.29, 0.717) is 18.4 Å². The average molecular weight is 304 g/mol. The van der Waals surface area contributed by atoms with Crippen LogP contribution in [0.25, 0.3) is 0 Å². The van der Waals surface area contributed by atoms with Gasteiger partial charge in [-0.05, 0) is 28.9 Å². The van der Waals surface area contributed by atoms with Crippen LogP contribution in [-0.2, 0) is 17.8 Å². The topological polar surface area (TPSA) is 95.6 Å². The fraction of sp³-hybridized carbons (Fsp3) is 0.214. The Kier molecular flexibility index (Phi) is 5.52. The number of thiophene rings is 1. The summed E-state index contributed by atoms with van der Waals surface area (Å²) in [7, 11) is -1.48. The highest BCUT2D eigenvalue weighted by molar-refractivity contribution is 7.09. The molecule has 0 radical (unpaired) electrons. The first-order valence-corrected chi connectivity index (χ1v) is 7.45. The highest BCUT2D eigenvalue weighted by atomic mass is 32.1. The van der Waals surface area contributed by atoms with Crippen LogP contribution in [0.5, 0.6) is 0 Å². The molecule has 0 spiro atoms. The van der Waals surface area contributed by atoms with Gasteiger partial charge < -0.3 is 21.1 Å². The lowest BCUT2D eigenvalue weighted by Crippen LogP contribution is -2.41. The molecule has 1 atom stereocenters. The maximum Gasteiger partial charge on any atom is 0.488 e. The van der Waals surface area contributed by atoms with Crippen LogP contribution in [0, 0.1) is 0 Å². The van der Waals surface area contributed by atoms with Crippen LogP contribution in [0.1, 0.15) is 10.4 Å². The maximum absolute atomic E-state index is 11.9. The van der Waals surface area contributed by atoms with Gasteiger partial charge in [0.25, 0.3) is 0 Å². The molecule has 0 fully saturated rings. The van der Waals surface area contributed by atoms with Crippen molar-refractivity contribution in [1.82, 2.24) is 5.32 Å². The number of hydrogen-bond donors (Lipinski definition) is 4. The molecule has 5 nitrogen and oxygen atoms in total. The van der Waals surface area contributed by atoms with Gasteiger partial charge in [-0.25, -0.2) is 0 Å². The molecule has 1 aromatic heterocycles. The summed E-state index contributed by atoms with van der Waals surface area (Å²) in [4.78, 5) is 13.0. The van der Waals surface area contributed by atoms with Crippen LogP contribution in [0.2, 0.25) is 0 Å². The third-order valence-electron chi connectivity index (χ3n) is 3.09. The van der Waals surface area contributed by atoms with Crippen molar-refractivity contribution in [2.75, 3.05) is 0 Å². The molecule has 21 heavy (non-hydrogen) atoms. The molecule has 0 bridgehead atoms. The van der Waals surface area contributed by atoms with E-state index in [1.807, 2.05) is 17.5 Å². The standard InChI is InChI=1S/C14H17BN2O3S/c16-13(14(18)17-9-12-2-1-7-21-12)8-10-3-5-11(6-4-10)15(19)20/h1-7,13,19-20H,8-9,16H2,(H,17,18)/t13-/m0/s1. The average Bonchev–Trinajstić information content (AvgIpc) is 2.98. The van der Waals surface area contributed by atoms with E-state index in [1.54, 1.807) is 35.6 Å². The van der Waals surface area contributed by atoms with E-state index < -0.39 is 13.2 Å². The van der Waals surface area contributed by atoms with Gasteiger partial charge in [-0.2, -0.15) is 0 Å². The Morgan fingerprint density at radius 2 is 2.00 bits per heavy atom. The van der Waals surface area contributed by atoms with Crippen molar-refractivity contribution in [3.8, 4) is 0 Å². The van der Waals surface area contributed by atoms with Gasteiger partial charge in [0.05, 0.1) is 12.6 Å². The van der Waals surface area contributed by atoms with Crippen LogP contribution < -0.4 is 16.5 Å². The summed E-state index contributed by atoms with van der Waals surface area (Å²) < 4.78 is 0. The second-order valence-electron chi connectivity index (χ2n) is 4.72. The zero-order chi connectivity index (χ0) is 15.2. The summed E-state index contributed by atoms with van der Waals surface area (Å²) in [5, 5.41) is 22.8. The van der Waals surface area contributed by atoms with Gasteiger partial charge in [0.1, 0.15) is 0 Å². The molecule has 0 saturated heterocycles. The van der Waals surface area contributed by atoms with Crippen molar-refractivity contribution in [3.05, 3.63) is 52.2 Å². The summed E-state index contributed by atoms with van der Waals surface area (Å²) in [6.45, 7) is 0.486. The fourth-order valence-corrected chi connectivity index (χ4v) is 2.54. The molecule has 2 aromatic rings. The number of nitrogens with two attached hydrogens (primary N) is 1. The normalized spacial score (nSPS) is 12.0. The lowest BCUT2D eigenvalue weighted by molar-refractivity contribution is -0.122. The molecule has 2 rings (SSSR count). The zero-order valence-corrected chi connectivity index (χ0v) is 12.2. The van der Waals surface area contributed by atoms with Crippen molar-refractivity contribution in [1.29, 1.82) is 0 Å². The van der Waals surface area contributed by atoms with Crippen molar-refractivity contribution >= 4 is 29.8 Å². The van der Waals surface area contributed by atoms with E-state index in [0.717, 1.165) is 10.4 Å². The van der Waals surface area contributed by atoms with E-state index in [1.165, 1.54) is 0 Å². The molecule has 5 N–H and O–H groups in total. The Morgan fingerprint density at radius 1 is 1.29 bits per heavy atom. The van der Waals surface area contributed by atoms with Crippen LogP contribution in [0.15, 0.2) is 41.8 Å². The first kappa shape index (κ1) is 15.7. The molecule has 1 amide bonds.